The molecule has 0 saturated carbocycles. The molecule has 26 heavy (non-hydrogen) atoms. The molecule has 2 aromatic rings. The second-order valence-corrected chi connectivity index (χ2v) is 5.86. The number of carbonyl (C=O) groups is 2. The third-order valence-corrected chi connectivity index (χ3v) is 4.24. The zero-order chi connectivity index (χ0) is 18.5. The van der Waals surface area contributed by atoms with E-state index in [2.05, 4.69) is 0 Å². The summed E-state index contributed by atoms with van der Waals surface area (Å²) >= 11 is 0. The number of benzene rings is 1. The van der Waals surface area contributed by atoms with Gasteiger partial charge in [-0.25, -0.2) is 4.39 Å². The molecule has 1 aliphatic rings. The highest BCUT2D eigenvalue weighted by Crippen LogP contribution is 2.18. The monoisotopic (exact) mass is 358 g/mol. The van der Waals surface area contributed by atoms with Crippen molar-refractivity contribution in [3.63, 3.8) is 0 Å². The Morgan fingerprint density at radius 3 is 2.50 bits per heavy atom. The van der Waals surface area contributed by atoms with Gasteiger partial charge in [-0.05, 0) is 29.8 Å². The van der Waals surface area contributed by atoms with E-state index in [1.165, 1.54) is 37.8 Å². The van der Waals surface area contributed by atoms with E-state index in [1.807, 2.05) is 0 Å². The number of ether oxygens (including phenoxy) is 1. The Bertz CT molecular complexity index is 809. The average molecular weight is 358 g/mol. The first kappa shape index (κ1) is 17.7. The van der Waals surface area contributed by atoms with Gasteiger partial charge in [0.25, 0.3) is 5.91 Å². The van der Waals surface area contributed by atoms with E-state index in [9.17, 15) is 14.0 Å². The molecule has 6 nitrogen and oxygen atoms in total. The van der Waals surface area contributed by atoms with Crippen molar-refractivity contribution >= 4 is 17.9 Å². The van der Waals surface area contributed by atoms with Gasteiger partial charge in [-0.15, -0.1) is 0 Å². The van der Waals surface area contributed by atoms with Gasteiger partial charge in [0.1, 0.15) is 6.26 Å². The lowest BCUT2D eigenvalue weighted by Gasteiger charge is -2.34. The quantitative estimate of drug-likeness (QED) is 0.788. The highest BCUT2D eigenvalue weighted by atomic mass is 19.1. The summed E-state index contributed by atoms with van der Waals surface area (Å²) in [5.74, 6) is -0.591. The van der Waals surface area contributed by atoms with Gasteiger partial charge in [0.2, 0.25) is 5.91 Å². The summed E-state index contributed by atoms with van der Waals surface area (Å²) < 4.78 is 23.5. The molecule has 1 aromatic heterocycles. The minimum absolute atomic E-state index is 0.102. The molecule has 0 aliphatic carbocycles. The lowest BCUT2D eigenvalue weighted by Crippen LogP contribution is -2.50. The van der Waals surface area contributed by atoms with Crippen LogP contribution in [0.2, 0.25) is 0 Å². The van der Waals surface area contributed by atoms with Crippen LogP contribution in [0.4, 0.5) is 4.39 Å². The zero-order valence-corrected chi connectivity index (χ0v) is 14.4. The summed E-state index contributed by atoms with van der Waals surface area (Å²) in [6, 6.07) is 6.12. The molecule has 1 aliphatic heterocycles. The molecule has 0 atom stereocenters. The number of rotatable bonds is 4. The molecular weight excluding hydrogens is 339 g/mol. The molecule has 0 N–H and O–H groups in total. The first-order chi connectivity index (χ1) is 12.6. The van der Waals surface area contributed by atoms with Crippen LogP contribution in [0.15, 0.2) is 47.3 Å². The predicted molar refractivity (Wildman–Crippen MR) is 93.2 cm³/mol. The molecule has 1 aromatic carbocycles. The zero-order valence-electron chi connectivity index (χ0n) is 14.4. The van der Waals surface area contributed by atoms with Crippen LogP contribution in [0.25, 0.3) is 6.08 Å². The van der Waals surface area contributed by atoms with E-state index < -0.39 is 5.82 Å². The van der Waals surface area contributed by atoms with Gasteiger partial charge in [0.05, 0.1) is 18.9 Å². The molecule has 1 saturated heterocycles. The van der Waals surface area contributed by atoms with Crippen molar-refractivity contribution < 1.29 is 23.1 Å². The van der Waals surface area contributed by atoms with Crippen LogP contribution in [0.1, 0.15) is 15.9 Å². The second kappa shape index (κ2) is 7.86. The van der Waals surface area contributed by atoms with Gasteiger partial charge in [-0.1, -0.05) is 6.07 Å². The number of amides is 2. The number of methoxy groups -OCH3 is 1. The van der Waals surface area contributed by atoms with Gasteiger partial charge < -0.3 is 19.0 Å². The van der Waals surface area contributed by atoms with Crippen LogP contribution in [0, 0.1) is 5.82 Å². The third kappa shape index (κ3) is 3.93. The van der Waals surface area contributed by atoms with Gasteiger partial charge >= 0.3 is 0 Å². The van der Waals surface area contributed by atoms with E-state index in [0.29, 0.717) is 37.3 Å². The average Bonchev–Trinajstić information content (AvgIpc) is 3.20. The van der Waals surface area contributed by atoms with Crippen LogP contribution in [0.3, 0.4) is 0 Å². The van der Waals surface area contributed by atoms with Crippen LogP contribution < -0.4 is 4.74 Å². The van der Waals surface area contributed by atoms with Crippen molar-refractivity contribution in [2.75, 3.05) is 33.3 Å². The first-order valence-corrected chi connectivity index (χ1v) is 8.20. The number of halogens is 1. The Hall–Kier alpha value is -3.09. The molecule has 0 spiro atoms. The summed E-state index contributed by atoms with van der Waals surface area (Å²) in [6.07, 6.45) is 5.85. The lowest BCUT2D eigenvalue weighted by molar-refractivity contribution is -0.127. The Morgan fingerprint density at radius 1 is 1.15 bits per heavy atom. The van der Waals surface area contributed by atoms with E-state index in [0.717, 1.165) is 0 Å². The van der Waals surface area contributed by atoms with E-state index in [-0.39, 0.29) is 17.6 Å². The number of carbonyl (C=O) groups excluding carboxylic acids is 2. The van der Waals surface area contributed by atoms with Crippen molar-refractivity contribution in [3.05, 3.63) is 59.8 Å². The SMILES string of the molecule is COc1ccc(C=CC(=O)N2CCN(C(=O)c3ccoc3)CC2)cc1F. The summed E-state index contributed by atoms with van der Waals surface area (Å²) in [4.78, 5) is 27.9. The van der Waals surface area contributed by atoms with Crippen LogP contribution in [0.5, 0.6) is 5.75 Å². The Balaban J connectivity index is 1.55. The molecule has 0 radical (unpaired) electrons. The van der Waals surface area contributed by atoms with Gasteiger partial charge in [-0.3, -0.25) is 9.59 Å². The fourth-order valence-electron chi connectivity index (χ4n) is 2.76. The van der Waals surface area contributed by atoms with Crippen molar-refractivity contribution in [2.45, 2.75) is 0 Å². The normalized spacial score (nSPS) is 14.7. The number of hydrogen-bond donors (Lipinski definition) is 0. The van der Waals surface area contributed by atoms with Crippen molar-refractivity contribution in [2.24, 2.45) is 0 Å². The van der Waals surface area contributed by atoms with Crippen molar-refractivity contribution in [1.29, 1.82) is 0 Å². The highest BCUT2D eigenvalue weighted by Gasteiger charge is 2.24. The molecule has 136 valence electrons. The largest absolute Gasteiger partial charge is 0.494 e. The predicted octanol–water partition coefficient (Wildman–Crippen LogP) is 2.43. The minimum atomic E-state index is -0.478. The molecule has 0 bridgehead atoms. The molecule has 2 heterocycles. The maximum Gasteiger partial charge on any atom is 0.257 e. The van der Waals surface area contributed by atoms with Crippen LogP contribution in [-0.2, 0) is 4.79 Å². The van der Waals surface area contributed by atoms with Crippen LogP contribution >= 0.6 is 0 Å². The second-order valence-electron chi connectivity index (χ2n) is 5.86. The fraction of sp³-hybridized carbons (Fsp3) is 0.263. The first-order valence-electron chi connectivity index (χ1n) is 8.20. The van der Waals surface area contributed by atoms with Gasteiger partial charge in [-0.2, -0.15) is 0 Å². The third-order valence-electron chi connectivity index (χ3n) is 4.24. The number of furan rings is 1. The number of nitrogens with zero attached hydrogens (tertiary/aromatic N) is 2. The van der Waals surface area contributed by atoms with Crippen molar-refractivity contribution in [3.8, 4) is 5.75 Å². The molecule has 3 rings (SSSR count). The Labute approximate surface area is 150 Å². The number of piperazine rings is 1. The van der Waals surface area contributed by atoms with E-state index >= 15 is 0 Å². The van der Waals surface area contributed by atoms with E-state index in [4.69, 9.17) is 9.15 Å². The maximum absolute atomic E-state index is 13.7. The standard InChI is InChI=1S/C19H19FN2O4/c1-25-17-4-2-14(12-16(17)20)3-5-18(23)21-7-9-22(10-8-21)19(24)15-6-11-26-13-15/h2-6,11-13H,7-10H2,1H3. The molecule has 2 amide bonds. The maximum atomic E-state index is 13.7. The Kier molecular flexibility index (Phi) is 5.36. The summed E-state index contributed by atoms with van der Waals surface area (Å²) in [5.41, 5.74) is 1.08. The van der Waals surface area contributed by atoms with Crippen LogP contribution in [-0.4, -0.2) is 54.9 Å². The highest BCUT2D eigenvalue weighted by molar-refractivity contribution is 5.94. The lowest BCUT2D eigenvalue weighted by atomic mass is 10.2. The summed E-state index contributed by atoms with van der Waals surface area (Å²) in [5, 5.41) is 0. The number of hydrogen-bond acceptors (Lipinski definition) is 4. The van der Waals surface area contributed by atoms with Gasteiger partial charge in [0.15, 0.2) is 11.6 Å². The molecular formula is C19H19FN2O4. The van der Waals surface area contributed by atoms with Gasteiger partial charge in [0, 0.05) is 32.3 Å². The molecule has 0 unspecified atom stereocenters. The fourth-order valence-corrected chi connectivity index (χ4v) is 2.76. The minimum Gasteiger partial charge on any atom is -0.494 e. The summed E-state index contributed by atoms with van der Waals surface area (Å²) in [7, 11) is 1.40. The molecule has 7 heteroatoms. The Morgan fingerprint density at radius 2 is 1.88 bits per heavy atom. The molecule has 1 fully saturated rings. The van der Waals surface area contributed by atoms with E-state index in [1.54, 1.807) is 28.0 Å². The topological polar surface area (TPSA) is 63.0 Å². The van der Waals surface area contributed by atoms with Crippen molar-refractivity contribution in [1.82, 2.24) is 9.80 Å². The smallest absolute Gasteiger partial charge is 0.257 e. The summed E-state index contributed by atoms with van der Waals surface area (Å²) in [6.45, 7) is 1.81.